The molecular weight excluding hydrogens is 335 g/mol. The first-order valence-corrected chi connectivity index (χ1v) is 8.19. The van der Waals surface area contributed by atoms with Crippen LogP contribution in [0.4, 0.5) is 0 Å². The van der Waals surface area contributed by atoms with Crippen LogP contribution in [-0.4, -0.2) is 31.6 Å². The molecule has 130 valence electrons. The Kier molecular flexibility index (Phi) is 7.65. The van der Waals surface area contributed by atoms with Crippen LogP contribution < -0.4 is 15.4 Å². The lowest BCUT2D eigenvalue weighted by molar-refractivity contribution is -0.127. The maximum atomic E-state index is 12.2. The molecule has 0 aliphatic carbocycles. The van der Waals surface area contributed by atoms with Gasteiger partial charge in [-0.1, -0.05) is 18.5 Å². The highest BCUT2D eigenvalue weighted by Gasteiger charge is 2.28. The van der Waals surface area contributed by atoms with Gasteiger partial charge in [0, 0.05) is 11.6 Å². The number of rotatable bonds is 5. The molecule has 0 aromatic heterocycles. The highest BCUT2D eigenvalue weighted by atomic mass is 35.5. The average Bonchev–Trinajstić information content (AvgIpc) is 2.49. The summed E-state index contributed by atoms with van der Waals surface area (Å²) in [6.07, 6.45) is 1.64. The molecule has 1 aromatic rings. The van der Waals surface area contributed by atoms with Crippen molar-refractivity contribution >= 4 is 29.9 Å². The lowest BCUT2D eigenvalue weighted by atomic mass is 9.81. The molecule has 1 saturated heterocycles. The topological polar surface area (TPSA) is 50.4 Å². The molecule has 0 radical (unpaired) electrons. The minimum Gasteiger partial charge on any atom is -0.481 e. The SMILES string of the molecule is Cc1cc(OC(C)C(=O)NCC2(C)CCNCC2)ccc1Cl.Cl. The molecule has 0 saturated carbocycles. The zero-order valence-corrected chi connectivity index (χ0v) is 15.5. The van der Waals surface area contributed by atoms with E-state index in [2.05, 4.69) is 17.6 Å². The third kappa shape index (κ3) is 5.87. The van der Waals surface area contributed by atoms with Crippen molar-refractivity contribution in [3.63, 3.8) is 0 Å². The van der Waals surface area contributed by atoms with Crippen LogP contribution in [0, 0.1) is 12.3 Å². The predicted octanol–water partition coefficient (Wildman–Crippen LogP) is 3.34. The molecule has 1 aliphatic heterocycles. The number of piperidine rings is 1. The number of aryl methyl sites for hydroxylation is 1. The van der Waals surface area contributed by atoms with Gasteiger partial charge in [0.05, 0.1) is 0 Å². The molecule has 1 fully saturated rings. The van der Waals surface area contributed by atoms with Gasteiger partial charge in [-0.15, -0.1) is 12.4 Å². The van der Waals surface area contributed by atoms with Gasteiger partial charge >= 0.3 is 0 Å². The van der Waals surface area contributed by atoms with Crippen molar-refractivity contribution in [1.82, 2.24) is 10.6 Å². The Labute approximate surface area is 149 Å². The van der Waals surface area contributed by atoms with E-state index in [1.54, 1.807) is 19.1 Å². The van der Waals surface area contributed by atoms with Gasteiger partial charge in [-0.05, 0) is 69.0 Å². The maximum absolute atomic E-state index is 12.2. The van der Waals surface area contributed by atoms with E-state index in [1.807, 2.05) is 13.0 Å². The van der Waals surface area contributed by atoms with Gasteiger partial charge in [-0.3, -0.25) is 4.79 Å². The van der Waals surface area contributed by atoms with E-state index in [-0.39, 0.29) is 23.7 Å². The van der Waals surface area contributed by atoms with Crippen LogP contribution in [-0.2, 0) is 4.79 Å². The normalized spacial score (nSPS) is 17.7. The number of carbonyl (C=O) groups excluding carboxylic acids is 1. The monoisotopic (exact) mass is 360 g/mol. The average molecular weight is 361 g/mol. The Morgan fingerprint density at radius 3 is 2.70 bits per heavy atom. The van der Waals surface area contributed by atoms with Crippen molar-refractivity contribution in [3.8, 4) is 5.75 Å². The standard InChI is InChI=1S/C17H25ClN2O2.ClH/c1-12-10-14(4-5-15(12)18)22-13(2)16(21)20-11-17(3)6-8-19-9-7-17;/h4-5,10,13,19H,6-9,11H2,1-3H3,(H,20,21);1H. The molecular formula is C17H26Cl2N2O2. The quantitative estimate of drug-likeness (QED) is 0.846. The molecule has 1 unspecified atom stereocenters. The van der Waals surface area contributed by atoms with Gasteiger partial charge in [0.25, 0.3) is 5.91 Å². The van der Waals surface area contributed by atoms with Gasteiger partial charge in [0.2, 0.25) is 0 Å². The Balaban J connectivity index is 0.00000264. The van der Waals surface area contributed by atoms with Gasteiger partial charge in [-0.25, -0.2) is 0 Å². The molecule has 4 nitrogen and oxygen atoms in total. The van der Waals surface area contributed by atoms with E-state index < -0.39 is 6.10 Å². The van der Waals surface area contributed by atoms with Gasteiger partial charge in [-0.2, -0.15) is 0 Å². The molecule has 1 amide bonds. The summed E-state index contributed by atoms with van der Waals surface area (Å²) in [6, 6.07) is 5.42. The lowest BCUT2D eigenvalue weighted by Gasteiger charge is -2.34. The van der Waals surface area contributed by atoms with Crippen molar-refractivity contribution < 1.29 is 9.53 Å². The van der Waals surface area contributed by atoms with Crippen molar-refractivity contribution in [1.29, 1.82) is 0 Å². The Morgan fingerprint density at radius 2 is 2.09 bits per heavy atom. The van der Waals surface area contributed by atoms with Gasteiger partial charge in [0.15, 0.2) is 6.10 Å². The van der Waals surface area contributed by atoms with Crippen molar-refractivity contribution in [3.05, 3.63) is 28.8 Å². The Bertz CT molecular complexity index is 531. The number of amides is 1. The molecule has 1 aliphatic rings. The molecule has 1 aromatic carbocycles. The van der Waals surface area contributed by atoms with Crippen LogP contribution in [0.5, 0.6) is 5.75 Å². The second-order valence-corrected chi connectivity index (χ2v) is 6.86. The van der Waals surface area contributed by atoms with E-state index in [0.29, 0.717) is 17.3 Å². The maximum Gasteiger partial charge on any atom is 0.260 e. The molecule has 2 N–H and O–H groups in total. The number of halogens is 2. The summed E-state index contributed by atoms with van der Waals surface area (Å²) in [4.78, 5) is 12.2. The van der Waals surface area contributed by atoms with E-state index in [1.165, 1.54) is 0 Å². The number of benzene rings is 1. The van der Waals surface area contributed by atoms with Crippen LogP contribution in [0.15, 0.2) is 18.2 Å². The number of hydrogen-bond acceptors (Lipinski definition) is 3. The summed E-state index contributed by atoms with van der Waals surface area (Å²) in [5, 5.41) is 7.06. The fourth-order valence-corrected chi connectivity index (χ4v) is 2.72. The van der Waals surface area contributed by atoms with E-state index in [9.17, 15) is 4.79 Å². The minimum atomic E-state index is -0.522. The third-order valence-electron chi connectivity index (χ3n) is 4.31. The summed E-state index contributed by atoms with van der Waals surface area (Å²) in [5.41, 5.74) is 1.12. The smallest absolute Gasteiger partial charge is 0.260 e. The summed E-state index contributed by atoms with van der Waals surface area (Å²) < 4.78 is 5.70. The van der Waals surface area contributed by atoms with Gasteiger partial charge < -0.3 is 15.4 Å². The number of carbonyl (C=O) groups is 1. The molecule has 0 bridgehead atoms. The Morgan fingerprint density at radius 1 is 1.43 bits per heavy atom. The largest absolute Gasteiger partial charge is 0.481 e. The van der Waals surface area contributed by atoms with Crippen LogP contribution in [0.2, 0.25) is 5.02 Å². The minimum absolute atomic E-state index is 0. The summed E-state index contributed by atoms with van der Waals surface area (Å²) in [7, 11) is 0. The fraction of sp³-hybridized carbons (Fsp3) is 0.588. The van der Waals surface area contributed by atoms with Crippen molar-refractivity contribution in [2.75, 3.05) is 19.6 Å². The molecule has 23 heavy (non-hydrogen) atoms. The predicted molar refractivity (Wildman–Crippen MR) is 96.7 cm³/mol. The Hall–Kier alpha value is -0.970. The molecule has 1 atom stereocenters. The molecule has 0 spiro atoms. The van der Waals surface area contributed by atoms with Crippen molar-refractivity contribution in [2.45, 2.75) is 39.7 Å². The highest BCUT2D eigenvalue weighted by Crippen LogP contribution is 2.27. The van der Waals surface area contributed by atoms with Crippen LogP contribution in [0.25, 0.3) is 0 Å². The van der Waals surface area contributed by atoms with Crippen LogP contribution >= 0.6 is 24.0 Å². The second-order valence-electron chi connectivity index (χ2n) is 6.45. The summed E-state index contributed by atoms with van der Waals surface area (Å²) in [6.45, 7) is 8.63. The third-order valence-corrected chi connectivity index (χ3v) is 4.74. The number of hydrogen-bond donors (Lipinski definition) is 2. The zero-order valence-electron chi connectivity index (χ0n) is 13.9. The first-order valence-electron chi connectivity index (χ1n) is 7.81. The van der Waals surface area contributed by atoms with E-state index >= 15 is 0 Å². The van der Waals surface area contributed by atoms with Crippen LogP contribution in [0.1, 0.15) is 32.3 Å². The zero-order chi connectivity index (χ0) is 16.2. The number of ether oxygens (including phenoxy) is 1. The van der Waals surface area contributed by atoms with Gasteiger partial charge in [0.1, 0.15) is 5.75 Å². The van der Waals surface area contributed by atoms with E-state index in [0.717, 1.165) is 31.5 Å². The first-order chi connectivity index (χ1) is 10.4. The number of nitrogens with one attached hydrogen (secondary N) is 2. The summed E-state index contributed by atoms with van der Waals surface area (Å²) >= 11 is 5.99. The second kappa shape index (κ2) is 8.76. The van der Waals surface area contributed by atoms with E-state index in [4.69, 9.17) is 16.3 Å². The van der Waals surface area contributed by atoms with Crippen molar-refractivity contribution in [2.24, 2.45) is 5.41 Å². The first kappa shape index (κ1) is 20.1. The summed E-state index contributed by atoms with van der Waals surface area (Å²) in [5.74, 6) is 0.588. The molecule has 1 heterocycles. The fourth-order valence-electron chi connectivity index (χ4n) is 2.60. The molecule has 6 heteroatoms. The lowest BCUT2D eigenvalue weighted by Crippen LogP contribution is -2.45. The molecule has 2 rings (SSSR count). The van der Waals surface area contributed by atoms with Crippen LogP contribution in [0.3, 0.4) is 0 Å². The highest BCUT2D eigenvalue weighted by molar-refractivity contribution is 6.31.